The Morgan fingerprint density at radius 2 is 2.15 bits per heavy atom. The van der Waals surface area contributed by atoms with E-state index >= 15 is 0 Å². The van der Waals surface area contributed by atoms with E-state index in [1.165, 1.54) is 0 Å². The highest BCUT2D eigenvalue weighted by Gasteiger charge is 2.32. The Morgan fingerprint density at radius 1 is 1.30 bits per heavy atom. The van der Waals surface area contributed by atoms with Gasteiger partial charge in [0.2, 0.25) is 0 Å². The van der Waals surface area contributed by atoms with Gasteiger partial charge < -0.3 is 20.4 Å². The minimum Gasteiger partial charge on any atom is -0.366 e. The van der Waals surface area contributed by atoms with Gasteiger partial charge in [-0.25, -0.2) is 4.98 Å². The van der Waals surface area contributed by atoms with E-state index in [0.29, 0.717) is 49.5 Å². The first-order chi connectivity index (χ1) is 13.1. The smallest absolute Gasteiger partial charge is 0.258 e. The van der Waals surface area contributed by atoms with Gasteiger partial charge >= 0.3 is 0 Å². The number of likely N-dealkylation sites (tertiary alicyclic amines) is 1. The number of ether oxygens (including phenoxy) is 1. The fourth-order valence-electron chi connectivity index (χ4n) is 3.83. The van der Waals surface area contributed by atoms with E-state index in [4.69, 9.17) is 10.5 Å². The van der Waals surface area contributed by atoms with Crippen molar-refractivity contribution in [1.82, 2.24) is 19.8 Å². The predicted octanol–water partition coefficient (Wildman–Crippen LogP) is 0.0736. The molecule has 2 aliphatic rings. The Labute approximate surface area is 157 Å². The molecule has 2 aromatic rings. The summed E-state index contributed by atoms with van der Waals surface area (Å²) in [5.74, 6) is 0.613. The lowest BCUT2D eigenvalue weighted by Gasteiger charge is -2.37. The van der Waals surface area contributed by atoms with Crippen molar-refractivity contribution in [2.45, 2.75) is 31.5 Å². The average Bonchev–Trinajstić information content (AvgIpc) is 2.68. The molecule has 0 spiro atoms. The third-order valence-electron chi connectivity index (χ3n) is 5.23. The van der Waals surface area contributed by atoms with Crippen molar-refractivity contribution in [3.8, 4) is 0 Å². The number of H-pyrrole nitrogens is 1. The highest BCUT2D eigenvalue weighted by molar-refractivity contribution is 5.81. The largest absolute Gasteiger partial charge is 0.366 e. The quantitative estimate of drug-likeness (QED) is 0.791. The number of piperidine rings is 1. The number of carbonyl (C=O) groups is 1. The lowest BCUT2D eigenvalue weighted by Crippen LogP contribution is -2.54. The second-order valence-corrected chi connectivity index (χ2v) is 7.31. The number of aromatic nitrogens is 2. The van der Waals surface area contributed by atoms with Crippen LogP contribution < -0.4 is 11.3 Å². The van der Waals surface area contributed by atoms with E-state index in [9.17, 15) is 9.59 Å². The summed E-state index contributed by atoms with van der Waals surface area (Å²) in [5, 5.41) is 0.581. The molecular formula is C19H25N5O3. The Balaban J connectivity index is 1.44. The van der Waals surface area contributed by atoms with E-state index in [1.54, 1.807) is 6.07 Å². The summed E-state index contributed by atoms with van der Waals surface area (Å²) in [7, 11) is 0. The summed E-state index contributed by atoms with van der Waals surface area (Å²) in [6, 6.07) is 7.33. The molecule has 144 valence electrons. The number of nitrogens with one attached hydrogen (secondary N) is 1. The molecule has 1 amide bonds. The molecule has 4 rings (SSSR count). The van der Waals surface area contributed by atoms with Gasteiger partial charge in [0.1, 0.15) is 11.9 Å². The number of rotatable bonds is 3. The maximum Gasteiger partial charge on any atom is 0.258 e. The molecule has 2 atom stereocenters. The Bertz CT molecular complexity index is 883. The van der Waals surface area contributed by atoms with Crippen molar-refractivity contribution in [2.75, 3.05) is 32.8 Å². The first-order valence-corrected chi connectivity index (χ1v) is 9.46. The monoisotopic (exact) mass is 371 g/mol. The molecule has 1 aromatic heterocycles. The molecule has 8 nitrogen and oxygen atoms in total. The van der Waals surface area contributed by atoms with E-state index in [1.807, 2.05) is 23.1 Å². The fraction of sp³-hybridized carbons (Fsp3) is 0.526. The summed E-state index contributed by atoms with van der Waals surface area (Å²) in [6.45, 7) is 3.48. The standard InChI is InChI=1S/C19H25N5O3/c20-13-4-3-7-24(10-13)19(26)16-11-23(8-9-27-16)12-17-21-15-6-2-1-5-14(15)18(25)22-17/h1-2,5-6,13,16H,3-4,7-12,20H2,(H,21,22,25). The molecular weight excluding hydrogens is 346 g/mol. The van der Waals surface area contributed by atoms with Crippen molar-refractivity contribution in [1.29, 1.82) is 0 Å². The zero-order valence-electron chi connectivity index (χ0n) is 15.3. The van der Waals surface area contributed by atoms with Crippen LogP contribution in [0, 0.1) is 0 Å². The lowest BCUT2D eigenvalue weighted by molar-refractivity contribution is -0.151. The number of morpholine rings is 1. The molecule has 2 aliphatic heterocycles. The number of para-hydroxylation sites is 1. The maximum absolute atomic E-state index is 12.8. The van der Waals surface area contributed by atoms with Crippen LogP contribution in [0.15, 0.2) is 29.1 Å². The van der Waals surface area contributed by atoms with Gasteiger partial charge in [-0.3, -0.25) is 14.5 Å². The Morgan fingerprint density at radius 3 is 3.00 bits per heavy atom. The number of hydrogen-bond acceptors (Lipinski definition) is 6. The normalized spacial score (nSPS) is 24.3. The van der Waals surface area contributed by atoms with Gasteiger partial charge in [-0.2, -0.15) is 0 Å². The summed E-state index contributed by atoms with van der Waals surface area (Å²) in [6.07, 6.45) is 1.41. The molecule has 0 bridgehead atoms. The zero-order chi connectivity index (χ0) is 18.8. The molecule has 8 heteroatoms. The van der Waals surface area contributed by atoms with Gasteiger partial charge in [0.25, 0.3) is 11.5 Å². The molecule has 0 aliphatic carbocycles. The van der Waals surface area contributed by atoms with E-state index < -0.39 is 6.10 Å². The second kappa shape index (κ2) is 7.75. The molecule has 3 N–H and O–H groups in total. The summed E-state index contributed by atoms with van der Waals surface area (Å²) in [5.41, 5.74) is 6.53. The number of nitrogens with zero attached hydrogens (tertiary/aromatic N) is 3. The molecule has 2 unspecified atom stereocenters. The summed E-state index contributed by atoms with van der Waals surface area (Å²) in [4.78, 5) is 36.3. The van der Waals surface area contributed by atoms with Crippen molar-refractivity contribution in [3.63, 3.8) is 0 Å². The van der Waals surface area contributed by atoms with Gasteiger partial charge in [-0.15, -0.1) is 0 Å². The number of carbonyl (C=O) groups excluding carboxylic acids is 1. The van der Waals surface area contributed by atoms with Gasteiger partial charge in [-0.05, 0) is 25.0 Å². The van der Waals surface area contributed by atoms with E-state index in [0.717, 1.165) is 19.4 Å². The SMILES string of the molecule is NC1CCCN(C(=O)C2CN(Cc3nc4ccccc4c(=O)[nH]3)CCO2)C1. The molecule has 2 saturated heterocycles. The molecule has 1 aromatic carbocycles. The van der Waals surface area contributed by atoms with Crippen LogP contribution in [0.5, 0.6) is 0 Å². The first-order valence-electron chi connectivity index (χ1n) is 9.46. The molecule has 3 heterocycles. The third-order valence-corrected chi connectivity index (χ3v) is 5.23. The maximum atomic E-state index is 12.8. The van der Waals surface area contributed by atoms with Gasteiger partial charge in [0, 0.05) is 32.2 Å². The number of fused-ring (bicyclic) bond motifs is 1. The number of nitrogens with two attached hydrogens (primary N) is 1. The van der Waals surface area contributed by atoms with Crippen molar-refractivity contribution >= 4 is 16.8 Å². The number of amides is 1. The van der Waals surface area contributed by atoms with Crippen LogP contribution in [0.25, 0.3) is 10.9 Å². The highest BCUT2D eigenvalue weighted by atomic mass is 16.5. The summed E-state index contributed by atoms with van der Waals surface area (Å²) >= 11 is 0. The molecule has 27 heavy (non-hydrogen) atoms. The van der Waals surface area contributed by atoms with Crippen LogP contribution in [-0.2, 0) is 16.1 Å². The average molecular weight is 371 g/mol. The van der Waals surface area contributed by atoms with Crippen molar-refractivity contribution in [2.24, 2.45) is 5.73 Å². The van der Waals surface area contributed by atoms with Crippen molar-refractivity contribution in [3.05, 3.63) is 40.4 Å². The lowest BCUT2D eigenvalue weighted by atomic mass is 10.1. The minimum atomic E-state index is -0.490. The third kappa shape index (κ3) is 4.02. The Hall–Kier alpha value is -2.29. The minimum absolute atomic E-state index is 0.00909. The van der Waals surface area contributed by atoms with Gasteiger partial charge in [0.05, 0.1) is 24.1 Å². The van der Waals surface area contributed by atoms with Crippen LogP contribution in [0.4, 0.5) is 0 Å². The second-order valence-electron chi connectivity index (χ2n) is 7.31. The van der Waals surface area contributed by atoms with Crippen LogP contribution >= 0.6 is 0 Å². The van der Waals surface area contributed by atoms with Crippen LogP contribution in [-0.4, -0.2) is 70.6 Å². The molecule has 2 fully saturated rings. The fourth-order valence-corrected chi connectivity index (χ4v) is 3.83. The molecule has 0 saturated carbocycles. The topological polar surface area (TPSA) is 105 Å². The summed E-state index contributed by atoms with van der Waals surface area (Å²) < 4.78 is 5.72. The number of aromatic amines is 1. The van der Waals surface area contributed by atoms with E-state index in [-0.39, 0.29) is 17.5 Å². The van der Waals surface area contributed by atoms with E-state index in [2.05, 4.69) is 14.9 Å². The highest BCUT2D eigenvalue weighted by Crippen LogP contribution is 2.15. The zero-order valence-corrected chi connectivity index (χ0v) is 15.3. The Kier molecular flexibility index (Phi) is 5.20. The van der Waals surface area contributed by atoms with Crippen LogP contribution in [0.1, 0.15) is 18.7 Å². The van der Waals surface area contributed by atoms with Crippen LogP contribution in [0.2, 0.25) is 0 Å². The predicted molar refractivity (Wildman–Crippen MR) is 101 cm³/mol. The number of hydrogen-bond donors (Lipinski definition) is 2. The number of benzene rings is 1. The molecule has 0 radical (unpaired) electrons. The first kappa shape index (κ1) is 18.1. The van der Waals surface area contributed by atoms with Gasteiger partial charge in [-0.1, -0.05) is 12.1 Å². The van der Waals surface area contributed by atoms with Crippen molar-refractivity contribution < 1.29 is 9.53 Å². The van der Waals surface area contributed by atoms with Crippen LogP contribution in [0.3, 0.4) is 0 Å². The van der Waals surface area contributed by atoms with Gasteiger partial charge in [0.15, 0.2) is 0 Å².